The molecule has 0 atom stereocenters. The van der Waals surface area contributed by atoms with Crippen LogP contribution in [-0.4, -0.2) is 9.52 Å². The number of hydrogen-bond donors (Lipinski definition) is 0. The first kappa shape index (κ1) is 37.4. The molecule has 0 heterocycles. The Morgan fingerprint density at radius 3 is 1.22 bits per heavy atom. The second-order valence-electron chi connectivity index (χ2n) is 11.3. The van der Waals surface area contributed by atoms with Crippen molar-refractivity contribution in [2.24, 2.45) is 0 Å². The molecule has 0 aromatic heterocycles. The van der Waals surface area contributed by atoms with Crippen LogP contribution in [0.25, 0.3) is 21.5 Å². The Bertz CT molecular complexity index is 1750. The normalized spacial score (nSPS) is 9.78. The van der Waals surface area contributed by atoms with Crippen LogP contribution in [0.4, 0.5) is 0 Å². The van der Waals surface area contributed by atoms with E-state index in [4.69, 9.17) is 17.0 Å². The average Bonchev–Trinajstić information content (AvgIpc) is 3.71. The quantitative estimate of drug-likeness (QED) is 0.0944. The molecule has 0 unspecified atom stereocenters. The van der Waals surface area contributed by atoms with E-state index in [0.29, 0.717) is 11.8 Å². The van der Waals surface area contributed by atoms with Gasteiger partial charge < -0.3 is 0 Å². The van der Waals surface area contributed by atoms with E-state index >= 15 is 0 Å². The van der Waals surface area contributed by atoms with Crippen LogP contribution in [0.1, 0.15) is 72.9 Å². The van der Waals surface area contributed by atoms with Gasteiger partial charge in [-0.05, 0) is 47.2 Å². The Morgan fingerprint density at radius 2 is 0.891 bits per heavy atom. The van der Waals surface area contributed by atoms with Crippen LogP contribution in [0.15, 0.2) is 121 Å². The molecule has 0 bridgehead atoms. The van der Waals surface area contributed by atoms with Crippen molar-refractivity contribution in [1.29, 1.82) is 0 Å². The molecule has 0 fully saturated rings. The van der Waals surface area contributed by atoms with E-state index in [1.165, 1.54) is 32.7 Å². The molecule has 4 heteroatoms. The molecule has 46 heavy (non-hydrogen) atoms. The summed E-state index contributed by atoms with van der Waals surface area (Å²) in [6.07, 6.45) is 0. The molecule has 2 radical (unpaired) electrons. The third-order valence-electron chi connectivity index (χ3n) is 7.11. The van der Waals surface area contributed by atoms with Gasteiger partial charge >= 0.3 is 37.9 Å². The minimum absolute atomic E-state index is 0.553. The summed E-state index contributed by atoms with van der Waals surface area (Å²) in [6, 6.07) is 42.0. The fourth-order valence-corrected chi connectivity index (χ4v) is 4.72. The van der Waals surface area contributed by atoms with Crippen molar-refractivity contribution in [1.82, 2.24) is 0 Å². The summed E-state index contributed by atoms with van der Waals surface area (Å²) in [6.45, 7) is 13.2. The van der Waals surface area contributed by atoms with E-state index in [1.54, 1.807) is 0 Å². The van der Waals surface area contributed by atoms with Gasteiger partial charge in [0, 0.05) is 20.6 Å². The Labute approximate surface area is 297 Å². The number of rotatable bonds is 2. The van der Waals surface area contributed by atoms with E-state index in [2.05, 4.69) is 125 Å². The van der Waals surface area contributed by atoms with Crippen molar-refractivity contribution in [2.75, 3.05) is 0 Å². The van der Waals surface area contributed by atoms with E-state index in [1.807, 2.05) is 60.7 Å². The fraction of sp³-hybridized carbons (Fsp3) is 0.190. The molecule has 0 saturated carbocycles. The summed E-state index contributed by atoms with van der Waals surface area (Å²) in [5.74, 6) is 14.2. The Morgan fingerprint density at radius 1 is 0.543 bits per heavy atom. The predicted octanol–water partition coefficient (Wildman–Crippen LogP) is 12.3. The second kappa shape index (κ2) is 20.2. The molecule has 230 valence electrons. The molecule has 0 aliphatic heterocycles. The SMILES string of the molecule is CC(C)c1cc2c(C#Cc3ccccc3)cccc2[cH-]1.CC(C)c1cc2c(C#Cc3ccccc3)cccc2[cH-]1.C[Si]C.[Cl][Zr+2][Cl]. The summed E-state index contributed by atoms with van der Waals surface area (Å²) in [7, 11) is 11.0. The van der Waals surface area contributed by atoms with Crippen LogP contribution >= 0.6 is 17.0 Å². The van der Waals surface area contributed by atoms with Gasteiger partial charge in [0.2, 0.25) is 0 Å². The van der Waals surface area contributed by atoms with Crippen LogP contribution in [0.2, 0.25) is 13.1 Å². The average molecular weight is 735 g/mol. The summed E-state index contributed by atoms with van der Waals surface area (Å²) < 4.78 is 0. The predicted molar refractivity (Wildman–Crippen MR) is 201 cm³/mol. The van der Waals surface area contributed by atoms with Crippen molar-refractivity contribution in [2.45, 2.75) is 52.6 Å². The molecule has 6 rings (SSSR count). The van der Waals surface area contributed by atoms with Crippen molar-refractivity contribution < 1.29 is 20.8 Å². The maximum atomic E-state index is 4.93. The van der Waals surface area contributed by atoms with E-state index in [0.717, 1.165) is 31.8 Å². The number of fused-ring (bicyclic) bond motifs is 2. The van der Waals surface area contributed by atoms with Crippen molar-refractivity contribution in [3.8, 4) is 23.7 Å². The summed E-state index contributed by atoms with van der Waals surface area (Å²) in [5.41, 5.74) is 7.10. The minimum atomic E-state index is -0.826. The van der Waals surface area contributed by atoms with Crippen LogP contribution in [-0.2, 0) is 20.8 Å². The topological polar surface area (TPSA) is 0 Å². The van der Waals surface area contributed by atoms with Crippen molar-refractivity contribution >= 4 is 48.1 Å². The molecule has 0 aliphatic carbocycles. The van der Waals surface area contributed by atoms with Crippen molar-refractivity contribution in [3.63, 3.8) is 0 Å². The first-order valence-corrected chi connectivity index (χ1v) is 23.7. The Balaban J connectivity index is 0.000000214. The van der Waals surface area contributed by atoms with E-state index < -0.39 is 20.8 Å². The zero-order valence-corrected chi connectivity index (χ0v) is 32.4. The summed E-state index contributed by atoms with van der Waals surface area (Å²) in [4.78, 5) is 0. The molecule has 0 nitrogen and oxygen atoms in total. The molecule has 0 spiro atoms. The van der Waals surface area contributed by atoms with Gasteiger partial charge in [-0.2, -0.15) is 12.1 Å². The zero-order chi connectivity index (χ0) is 33.3. The molecular weight excluding hydrogens is 695 g/mol. The monoisotopic (exact) mass is 732 g/mol. The van der Waals surface area contributed by atoms with Gasteiger partial charge in [-0.3, -0.25) is 0 Å². The van der Waals surface area contributed by atoms with Crippen LogP contribution in [0.5, 0.6) is 0 Å². The molecule has 0 amide bonds. The number of benzene rings is 4. The zero-order valence-electron chi connectivity index (χ0n) is 27.5. The Kier molecular flexibility index (Phi) is 16.4. The van der Waals surface area contributed by atoms with Gasteiger partial charge in [0.25, 0.3) is 0 Å². The van der Waals surface area contributed by atoms with Gasteiger partial charge in [0.1, 0.15) is 0 Å². The fourth-order valence-electron chi connectivity index (χ4n) is 4.72. The first-order chi connectivity index (χ1) is 22.3. The first-order valence-electron chi connectivity index (χ1n) is 15.4. The third-order valence-corrected chi connectivity index (χ3v) is 7.11. The van der Waals surface area contributed by atoms with Gasteiger partial charge in [-0.15, -0.1) is 69.1 Å². The molecule has 6 aromatic carbocycles. The number of hydrogen-bond acceptors (Lipinski definition) is 0. The van der Waals surface area contributed by atoms with E-state index in [9.17, 15) is 0 Å². The van der Waals surface area contributed by atoms with Gasteiger partial charge in [-0.1, -0.05) is 113 Å². The standard InChI is InChI=1S/2C20H17.C2H6Si.2ClH.Zr/c2*1-15(2)19-13-18-10-6-9-17(20(18)14-19)12-11-16-7-4-3-5-8-16;1-3-2;;;/h2*3-10,13-15H,1-2H3;1-2H3;2*1H;/q2*-1;;;;+4/p-2. The molecule has 0 aliphatic rings. The number of halogens is 2. The molecule has 0 N–H and O–H groups in total. The molecular formula is C42H40Cl2SiZr. The maximum absolute atomic E-state index is 4.93. The summed E-state index contributed by atoms with van der Waals surface area (Å²) in [5, 5.41) is 5.10. The molecule has 6 aromatic rings. The summed E-state index contributed by atoms with van der Waals surface area (Å²) >= 11 is -0.826. The van der Waals surface area contributed by atoms with Gasteiger partial charge in [0.15, 0.2) is 0 Å². The third kappa shape index (κ3) is 11.6. The molecule has 0 saturated heterocycles. The van der Waals surface area contributed by atoms with Gasteiger partial charge in [-0.25, -0.2) is 0 Å². The van der Waals surface area contributed by atoms with Crippen LogP contribution in [0, 0.1) is 23.7 Å². The van der Waals surface area contributed by atoms with Crippen molar-refractivity contribution in [3.05, 3.63) is 155 Å². The second-order valence-corrected chi connectivity index (χ2v) is 16.0. The van der Waals surface area contributed by atoms with Crippen LogP contribution in [0.3, 0.4) is 0 Å². The van der Waals surface area contributed by atoms with E-state index in [-0.39, 0.29) is 0 Å². The van der Waals surface area contributed by atoms with Gasteiger partial charge in [0.05, 0.1) is 0 Å². The van der Waals surface area contributed by atoms with Crippen LogP contribution < -0.4 is 0 Å². The Hall–Kier alpha value is -3.10.